The van der Waals surface area contributed by atoms with E-state index in [1.165, 1.54) is 7.11 Å². The fourth-order valence-corrected chi connectivity index (χ4v) is 8.99. The number of aromatic nitrogens is 2. The van der Waals surface area contributed by atoms with E-state index >= 15 is 0 Å². The van der Waals surface area contributed by atoms with E-state index < -0.39 is 17.9 Å². The zero-order chi connectivity index (χ0) is 41.3. The summed E-state index contributed by atoms with van der Waals surface area (Å²) >= 11 is 13.4. The van der Waals surface area contributed by atoms with E-state index in [0.29, 0.717) is 41.2 Å². The lowest BCUT2D eigenvalue weighted by Crippen LogP contribution is -2.41. The molecule has 2 aromatic carbocycles. The first-order valence-corrected chi connectivity index (χ1v) is 20.8. The minimum absolute atomic E-state index is 0.118. The Morgan fingerprint density at radius 2 is 1.19 bits per heavy atom. The quantitative estimate of drug-likeness (QED) is 0.0933. The van der Waals surface area contributed by atoms with Crippen LogP contribution < -0.4 is 24.3 Å². The van der Waals surface area contributed by atoms with Crippen LogP contribution in [0.15, 0.2) is 48.5 Å². The summed E-state index contributed by atoms with van der Waals surface area (Å²) in [5.41, 5.74) is 7.67. The van der Waals surface area contributed by atoms with E-state index in [1.54, 1.807) is 13.2 Å². The van der Waals surface area contributed by atoms with E-state index in [1.807, 2.05) is 30.3 Å². The van der Waals surface area contributed by atoms with Crippen LogP contribution in [0.2, 0.25) is 10.0 Å². The molecular weight excluding hydrogens is 781 g/mol. The smallest absolute Gasteiger partial charge is 0.308 e. The molecule has 2 saturated carbocycles. The first-order valence-electron chi connectivity index (χ1n) is 20.1. The molecule has 6 rings (SSSR count). The minimum atomic E-state index is -0.775. The van der Waals surface area contributed by atoms with Crippen molar-refractivity contribution in [1.82, 2.24) is 15.3 Å². The second-order valence-corrected chi connectivity index (χ2v) is 16.2. The van der Waals surface area contributed by atoms with Gasteiger partial charge in [0.25, 0.3) is 0 Å². The SMILES string of the molecule is COc1nc(OCc2cccc(-c3cccc(COc4nc(OC)c(CN[C@@H]5CCCC[C@@H]5C(=O)O)cc4Cl)c3C)c2C)c(Cl)cc1CC[C@@H]1CCCC[C@@H]1C(=O)O. The third kappa shape index (κ3) is 10.2. The van der Waals surface area contributed by atoms with Crippen molar-refractivity contribution in [2.45, 2.75) is 104 Å². The number of aryl methyl sites for hydroxylation is 1. The van der Waals surface area contributed by atoms with Gasteiger partial charge in [0, 0.05) is 23.7 Å². The van der Waals surface area contributed by atoms with Gasteiger partial charge in [-0.3, -0.25) is 9.59 Å². The van der Waals surface area contributed by atoms with Crippen LogP contribution in [-0.4, -0.2) is 52.4 Å². The molecule has 2 fully saturated rings. The number of carboxylic acid groups (broad SMARTS) is 2. The second kappa shape index (κ2) is 19.9. The number of benzene rings is 2. The van der Waals surface area contributed by atoms with E-state index in [4.69, 9.17) is 42.1 Å². The summed E-state index contributed by atoms with van der Waals surface area (Å²) in [6, 6.07) is 15.6. The molecule has 2 aromatic heterocycles. The number of ether oxygens (including phenoxy) is 4. The van der Waals surface area contributed by atoms with Crippen molar-refractivity contribution in [2.24, 2.45) is 17.8 Å². The number of aliphatic carboxylic acids is 2. The zero-order valence-electron chi connectivity index (χ0n) is 33.6. The van der Waals surface area contributed by atoms with Crippen LogP contribution >= 0.6 is 23.2 Å². The summed E-state index contributed by atoms with van der Waals surface area (Å²) in [5.74, 6) is -0.795. The van der Waals surface area contributed by atoms with Crippen LogP contribution in [0.1, 0.15) is 91.2 Å². The lowest BCUT2D eigenvalue weighted by molar-refractivity contribution is -0.145. The van der Waals surface area contributed by atoms with Gasteiger partial charge in [-0.15, -0.1) is 0 Å². The van der Waals surface area contributed by atoms with Gasteiger partial charge in [-0.2, -0.15) is 9.97 Å². The lowest BCUT2D eigenvalue weighted by Gasteiger charge is -2.29. The number of carbonyl (C=O) groups is 2. The molecule has 0 bridgehead atoms. The number of hydrogen-bond acceptors (Lipinski definition) is 9. The molecule has 3 N–H and O–H groups in total. The highest BCUT2D eigenvalue weighted by atomic mass is 35.5. The van der Waals surface area contributed by atoms with Gasteiger partial charge < -0.3 is 34.5 Å². The molecule has 11 nitrogen and oxygen atoms in total. The minimum Gasteiger partial charge on any atom is -0.481 e. The van der Waals surface area contributed by atoms with Gasteiger partial charge in [0.2, 0.25) is 23.5 Å². The number of carboxylic acids is 2. The van der Waals surface area contributed by atoms with Gasteiger partial charge in [0.05, 0.1) is 26.1 Å². The highest BCUT2D eigenvalue weighted by Crippen LogP contribution is 2.37. The van der Waals surface area contributed by atoms with Crippen LogP contribution in [0.4, 0.5) is 0 Å². The average molecular weight is 835 g/mol. The molecule has 58 heavy (non-hydrogen) atoms. The largest absolute Gasteiger partial charge is 0.481 e. The molecule has 0 aliphatic heterocycles. The molecular formula is C45H53Cl2N3O8. The maximum Gasteiger partial charge on any atom is 0.308 e. The van der Waals surface area contributed by atoms with E-state index in [2.05, 4.69) is 41.3 Å². The molecule has 2 aliphatic carbocycles. The zero-order valence-corrected chi connectivity index (χ0v) is 35.1. The van der Waals surface area contributed by atoms with Crippen LogP contribution in [0.3, 0.4) is 0 Å². The molecule has 4 atom stereocenters. The Kier molecular flexibility index (Phi) is 14.8. The fourth-order valence-electron chi connectivity index (χ4n) is 8.54. The Morgan fingerprint density at radius 1 is 0.690 bits per heavy atom. The van der Waals surface area contributed by atoms with Crippen molar-refractivity contribution in [3.05, 3.63) is 92.0 Å². The van der Waals surface area contributed by atoms with Gasteiger partial charge in [0.1, 0.15) is 23.3 Å². The van der Waals surface area contributed by atoms with Gasteiger partial charge >= 0.3 is 11.9 Å². The number of pyridine rings is 2. The summed E-state index contributed by atoms with van der Waals surface area (Å²) in [7, 11) is 3.10. The lowest BCUT2D eigenvalue weighted by atomic mass is 9.76. The van der Waals surface area contributed by atoms with Crippen LogP contribution in [-0.2, 0) is 35.8 Å². The number of rotatable bonds is 17. The Bertz CT molecular complexity index is 1950. The predicted octanol–water partition coefficient (Wildman–Crippen LogP) is 9.80. The number of hydrogen-bond donors (Lipinski definition) is 3. The summed E-state index contributed by atoms with van der Waals surface area (Å²) in [4.78, 5) is 32.8. The summed E-state index contributed by atoms with van der Waals surface area (Å²) in [6.45, 7) is 4.95. The monoisotopic (exact) mass is 833 g/mol. The fraction of sp³-hybridized carbons (Fsp3) is 0.467. The van der Waals surface area contributed by atoms with Crippen LogP contribution in [0, 0.1) is 31.6 Å². The Balaban J connectivity index is 1.11. The van der Waals surface area contributed by atoms with Crippen molar-refractivity contribution in [3.63, 3.8) is 0 Å². The number of halogens is 2. The molecule has 0 radical (unpaired) electrons. The molecule has 0 saturated heterocycles. The first-order chi connectivity index (χ1) is 28.0. The molecule has 4 aromatic rings. The molecule has 310 valence electrons. The average Bonchev–Trinajstić information content (AvgIpc) is 3.22. The Hall–Kier alpha value is -4.58. The molecule has 0 amide bonds. The maximum atomic E-state index is 11.8. The van der Waals surface area contributed by atoms with Gasteiger partial charge in [0.15, 0.2) is 0 Å². The molecule has 0 unspecified atom stereocenters. The van der Waals surface area contributed by atoms with Crippen molar-refractivity contribution in [3.8, 4) is 34.6 Å². The standard InChI is InChI=1S/C45H53Cl2N3O8/c1-26-30(24-57-42-37(46)21-29(40(49-42)55-3)20-19-28-11-5-6-14-35(28)44(51)52)12-9-16-33(26)34-17-10-13-31(27(34)2)25-58-43-38(47)22-32(41(50-43)56-4)23-48-39-18-8-7-15-36(39)45(53)54/h9-10,12-13,16-17,21-22,28,35-36,39,48H,5-8,11,14-15,18-20,23-25H2,1-4H3,(H,51,52)(H,53,54)/t28-,35-,36-,39+/m0/s1. The second-order valence-electron chi connectivity index (χ2n) is 15.4. The molecule has 13 heteroatoms. The summed E-state index contributed by atoms with van der Waals surface area (Å²) in [6.07, 6.45) is 8.37. The van der Waals surface area contributed by atoms with Crippen LogP contribution in [0.5, 0.6) is 23.5 Å². The third-order valence-corrected chi connectivity index (χ3v) is 12.5. The molecule has 2 heterocycles. The third-order valence-electron chi connectivity index (χ3n) is 11.9. The van der Waals surface area contributed by atoms with Crippen molar-refractivity contribution < 1.29 is 38.7 Å². The van der Waals surface area contributed by atoms with E-state index in [0.717, 1.165) is 95.9 Å². The van der Waals surface area contributed by atoms with Crippen molar-refractivity contribution in [1.29, 1.82) is 0 Å². The molecule has 2 aliphatic rings. The topological polar surface area (TPSA) is 149 Å². The van der Waals surface area contributed by atoms with Crippen molar-refractivity contribution in [2.75, 3.05) is 14.2 Å². The summed E-state index contributed by atoms with van der Waals surface area (Å²) in [5, 5.41) is 23.5. The maximum absolute atomic E-state index is 11.8. The highest BCUT2D eigenvalue weighted by Gasteiger charge is 2.32. The summed E-state index contributed by atoms with van der Waals surface area (Å²) < 4.78 is 23.6. The van der Waals surface area contributed by atoms with Crippen molar-refractivity contribution >= 4 is 35.1 Å². The number of methoxy groups -OCH3 is 2. The number of nitrogens with zero attached hydrogens (tertiary/aromatic N) is 2. The predicted molar refractivity (Wildman–Crippen MR) is 223 cm³/mol. The van der Waals surface area contributed by atoms with E-state index in [-0.39, 0.29) is 42.9 Å². The normalized spacial score (nSPS) is 19.3. The number of nitrogens with one attached hydrogen (secondary N) is 1. The van der Waals surface area contributed by atoms with Gasteiger partial charge in [-0.25, -0.2) is 0 Å². The van der Waals surface area contributed by atoms with Gasteiger partial charge in [-0.05, 0) is 104 Å². The first kappa shape index (κ1) is 43.0. The Labute approximate surface area is 350 Å². The molecule has 0 spiro atoms. The van der Waals surface area contributed by atoms with Gasteiger partial charge in [-0.1, -0.05) is 85.3 Å². The Morgan fingerprint density at radius 3 is 1.74 bits per heavy atom. The highest BCUT2D eigenvalue weighted by molar-refractivity contribution is 6.32. The van der Waals surface area contributed by atoms with E-state index in [9.17, 15) is 19.8 Å². The van der Waals surface area contributed by atoms with Crippen LogP contribution in [0.25, 0.3) is 11.1 Å².